The zero-order chi connectivity index (χ0) is 20.5. The maximum absolute atomic E-state index is 13.4. The van der Waals surface area contributed by atoms with Crippen LogP contribution in [0.1, 0.15) is 48.1 Å². The summed E-state index contributed by atoms with van der Waals surface area (Å²) in [5, 5.41) is 0. The van der Waals surface area contributed by atoms with Crippen LogP contribution in [0.4, 0.5) is 13.2 Å². The molecule has 1 amide bonds. The smallest absolute Gasteiger partial charge is 0.331 e. The number of carbonyl (C=O) groups excluding carboxylic acids is 1. The summed E-state index contributed by atoms with van der Waals surface area (Å²) < 4.78 is 40.8. The Morgan fingerprint density at radius 3 is 2.39 bits per heavy atom. The quantitative estimate of drug-likeness (QED) is 0.618. The second-order valence-corrected chi connectivity index (χ2v) is 6.92. The van der Waals surface area contributed by atoms with Crippen molar-refractivity contribution in [2.24, 2.45) is 0 Å². The van der Waals surface area contributed by atoms with Crippen molar-refractivity contribution in [1.82, 2.24) is 14.3 Å². The van der Waals surface area contributed by atoms with Crippen LogP contribution in [0.15, 0.2) is 48.7 Å². The number of benzene rings is 1. The Morgan fingerprint density at radius 1 is 1.14 bits per heavy atom. The monoisotopic (exact) mass is 389 g/mol. The number of amides is 1. The highest BCUT2D eigenvalue weighted by Gasteiger charge is 2.32. The normalized spacial score (nSPS) is 12.0. The third kappa shape index (κ3) is 3.88. The molecule has 0 aliphatic carbocycles. The van der Waals surface area contributed by atoms with E-state index in [0.717, 1.165) is 17.8 Å². The number of pyridine rings is 1. The van der Waals surface area contributed by atoms with Crippen LogP contribution < -0.4 is 0 Å². The maximum Gasteiger partial charge on any atom is 0.417 e. The van der Waals surface area contributed by atoms with Crippen LogP contribution in [0.5, 0.6) is 0 Å². The molecule has 0 atom stereocenters. The Hall–Kier alpha value is -2.83. The van der Waals surface area contributed by atoms with Gasteiger partial charge in [-0.1, -0.05) is 37.3 Å². The summed E-state index contributed by atoms with van der Waals surface area (Å²) in [5.41, 5.74) is 1.15. The van der Waals surface area contributed by atoms with Crippen LogP contribution in [0, 0.1) is 0 Å². The summed E-state index contributed by atoms with van der Waals surface area (Å²) in [6.45, 7) is 5.97. The summed E-state index contributed by atoms with van der Waals surface area (Å²) in [5.74, 6) is -0.331. The van der Waals surface area contributed by atoms with Gasteiger partial charge in [0.05, 0.1) is 11.3 Å². The van der Waals surface area contributed by atoms with Gasteiger partial charge in [-0.3, -0.25) is 9.20 Å². The number of nitrogens with zero attached hydrogens (tertiary/aromatic N) is 3. The standard InChI is InChI=1S/C21H22F3N3O/c1-4-17-19(27-13-16(21(22,23)24)10-11-18(27)25-17)20(28)26(14(2)3)12-15-8-6-5-7-9-15/h5-11,13-14H,4,12H2,1-3H3. The molecule has 28 heavy (non-hydrogen) atoms. The molecule has 0 saturated heterocycles. The van der Waals surface area contributed by atoms with Gasteiger partial charge in [0.25, 0.3) is 5.91 Å². The lowest BCUT2D eigenvalue weighted by Gasteiger charge is -2.27. The Kier molecular flexibility index (Phi) is 5.45. The molecule has 3 rings (SSSR count). The van der Waals surface area contributed by atoms with E-state index in [0.29, 0.717) is 24.3 Å². The van der Waals surface area contributed by atoms with E-state index in [-0.39, 0.29) is 17.6 Å². The van der Waals surface area contributed by atoms with E-state index < -0.39 is 11.7 Å². The first-order valence-corrected chi connectivity index (χ1v) is 9.15. The molecule has 0 N–H and O–H groups in total. The number of aromatic nitrogens is 2. The number of imidazole rings is 1. The molecule has 0 aliphatic rings. The predicted octanol–water partition coefficient (Wildman–Crippen LogP) is 4.97. The molecule has 2 aromatic heterocycles. The second-order valence-electron chi connectivity index (χ2n) is 6.92. The molecular weight excluding hydrogens is 367 g/mol. The number of hydrogen-bond acceptors (Lipinski definition) is 2. The third-order valence-electron chi connectivity index (χ3n) is 4.64. The van der Waals surface area contributed by atoms with Crippen LogP contribution in [-0.2, 0) is 19.1 Å². The lowest BCUT2D eigenvalue weighted by molar-refractivity contribution is -0.137. The summed E-state index contributed by atoms with van der Waals surface area (Å²) in [6.07, 6.45) is -3.09. The molecule has 0 radical (unpaired) electrons. The fourth-order valence-electron chi connectivity index (χ4n) is 3.14. The number of rotatable bonds is 5. The number of fused-ring (bicyclic) bond motifs is 1. The fourth-order valence-corrected chi connectivity index (χ4v) is 3.14. The Morgan fingerprint density at radius 2 is 1.82 bits per heavy atom. The number of aryl methyl sites for hydroxylation is 1. The molecule has 0 bridgehead atoms. The average molecular weight is 389 g/mol. The SMILES string of the molecule is CCc1nc2ccc(C(F)(F)F)cn2c1C(=O)N(Cc1ccccc1)C(C)C. The minimum atomic E-state index is -4.49. The minimum Gasteiger partial charge on any atom is -0.331 e. The van der Waals surface area contributed by atoms with Gasteiger partial charge in [-0.15, -0.1) is 0 Å². The van der Waals surface area contributed by atoms with Crippen molar-refractivity contribution in [3.05, 3.63) is 71.2 Å². The molecule has 7 heteroatoms. The van der Waals surface area contributed by atoms with Crippen molar-refractivity contribution in [2.45, 2.75) is 46.0 Å². The molecule has 0 saturated carbocycles. The van der Waals surface area contributed by atoms with Gasteiger partial charge in [0.2, 0.25) is 0 Å². The molecule has 0 aliphatic heterocycles. The van der Waals surface area contributed by atoms with Crippen LogP contribution in [-0.4, -0.2) is 26.2 Å². The van der Waals surface area contributed by atoms with Gasteiger partial charge in [-0.2, -0.15) is 13.2 Å². The molecule has 4 nitrogen and oxygen atoms in total. The highest BCUT2D eigenvalue weighted by atomic mass is 19.4. The summed E-state index contributed by atoms with van der Waals surface area (Å²) in [4.78, 5) is 19.4. The molecule has 3 aromatic rings. The molecule has 0 unspecified atom stereocenters. The summed E-state index contributed by atoms with van der Waals surface area (Å²) in [7, 11) is 0. The van der Waals surface area contributed by atoms with Crippen molar-refractivity contribution >= 4 is 11.6 Å². The fraction of sp³-hybridized carbons (Fsp3) is 0.333. The van der Waals surface area contributed by atoms with Crippen LogP contribution in [0.2, 0.25) is 0 Å². The first kappa shape index (κ1) is 19.9. The number of halogens is 3. The van der Waals surface area contributed by atoms with Gasteiger partial charge in [0.1, 0.15) is 11.3 Å². The highest BCUT2D eigenvalue weighted by Crippen LogP contribution is 2.30. The van der Waals surface area contributed by atoms with Gasteiger partial charge < -0.3 is 4.90 Å². The Balaban J connectivity index is 2.09. The zero-order valence-electron chi connectivity index (χ0n) is 16.0. The van der Waals surface area contributed by atoms with E-state index in [2.05, 4.69) is 4.98 Å². The Bertz CT molecular complexity index is 978. The summed E-state index contributed by atoms with van der Waals surface area (Å²) >= 11 is 0. The molecule has 0 spiro atoms. The van der Waals surface area contributed by atoms with E-state index in [1.807, 2.05) is 51.1 Å². The topological polar surface area (TPSA) is 37.6 Å². The van der Waals surface area contributed by atoms with Crippen LogP contribution in [0.3, 0.4) is 0 Å². The van der Waals surface area contributed by atoms with Crippen molar-refractivity contribution < 1.29 is 18.0 Å². The molecule has 0 fully saturated rings. The lowest BCUT2D eigenvalue weighted by atomic mass is 10.1. The lowest BCUT2D eigenvalue weighted by Crippen LogP contribution is -2.37. The summed E-state index contributed by atoms with van der Waals surface area (Å²) in [6, 6.07) is 11.7. The van der Waals surface area contributed by atoms with Gasteiger partial charge in [0.15, 0.2) is 0 Å². The van der Waals surface area contributed by atoms with Gasteiger partial charge in [-0.05, 0) is 38.0 Å². The van der Waals surface area contributed by atoms with Crippen molar-refractivity contribution in [2.75, 3.05) is 0 Å². The van der Waals surface area contributed by atoms with Crippen LogP contribution in [0.25, 0.3) is 5.65 Å². The number of hydrogen-bond donors (Lipinski definition) is 0. The predicted molar refractivity (Wildman–Crippen MR) is 101 cm³/mol. The molecule has 2 heterocycles. The van der Waals surface area contributed by atoms with Crippen molar-refractivity contribution in [3.63, 3.8) is 0 Å². The minimum absolute atomic E-state index is 0.131. The van der Waals surface area contributed by atoms with Crippen molar-refractivity contribution in [3.8, 4) is 0 Å². The van der Waals surface area contributed by atoms with Gasteiger partial charge in [0, 0.05) is 18.8 Å². The van der Waals surface area contributed by atoms with E-state index in [1.54, 1.807) is 4.90 Å². The number of carbonyl (C=O) groups is 1. The van der Waals surface area contributed by atoms with Gasteiger partial charge in [-0.25, -0.2) is 4.98 Å². The van der Waals surface area contributed by atoms with E-state index in [1.165, 1.54) is 10.5 Å². The third-order valence-corrected chi connectivity index (χ3v) is 4.64. The molecule has 1 aromatic carbocycles. The van der Waals surface area contributed by atoms with Crippen LogP contribution >= 0.6 is 0 Å². The maximum atomic E-state index is 13.4. The second kappa shape index (κ2) is 7.66. The van der Waals surface area contributed by atoms with Gasteiger partial charge >= 0.3 is 6.18 Å². The number of alkyl halides is 3. The first-order chi connectivity index (χ1) is 13.2. The molecule has 148 valence electrons. The van der Waals surface area contributed by atoms with Crippen molar-refractivity contribution in [1.29, 1.82) is 0 Å². The van der Waals surface area contributed by atoms with E-state index >= 15 is 0 Å². The molecular formula is C21H22F3N3O. The average Bonchev–Trinajstić information content (AvgIpc) is 3.03. The first-order valence-electron chi connectivity index (χ1n) is 9.15. The highest BCUT2D eigenvalue weighted by molar-refractivity contribution is 5.95. The van der Waals surface area contributed by atoms with E-state index in [9.17, 15) is 18.0 Å². The Labute approximate surface area is 161 Å². The van der Waals surface area contributed by atoms with E-state index in [4.69, 9.17) is 0 Å². The zero-order valence-corrected chi connectivity index (χ0v) is 16.0. The largest absolute Gasteiger partial charge is 0.417 e.